The lowest BCUT2D eigenvalue weighted by molar-refractivity contribution is 0.201. The van der Waals surface area contributed by atoms with Crippen molar-refractivity contribution in [2.45, 2.75) is 5.54 Å². The molecule has 1 atom stereocenters. The van der Waals surface area contributed by atoms with Crippen molar-refractivity contribution in [3.63, 3.8) is 0 Å². The molecule has 0 aliphatic carbocycles. The van der Waals surface area contributed by atoms with Crippen molar-refractivity contribution in [2.24, 2.45) is 10.7 Å². The molecule has 116 valence electrons. The number of benzene rings is 2. The van der Waals surface area contributed by atoms with E-state index in [1.165, 1.54) is 0 Å². The maximum Gasteiger partial charge on any atom is 0.283 e. The third kappa shape index (κ3) is 3.03. The fourth-order valence-electron chi connectivity index (χ4n) is 2.68. The van der Waals surface area contributed by atoms with Gasteiger partial charge in [0.2, 0.25) is 0 Å². The molecule has 1 unspecified atom stereocenters. The number of ether oxygens (including phenoxy) is 2. The topological polar surface area (TPSA) is 77.1 Å². The molecule has 0 saturated carbocycles. The molecule has 6 heteroatoms. The lowest BCUT2D eigenvalue weighted by Gasteiger charge is -2.26. The maximum absolute atomic E-state index is 8.81. The molecule has 1 heterocycles. The number of aliphatic hydroxyl groups excluding tert-OH is 1. The van der Waals surface area contributed by atoms with E-state index in [9.17, 15) is 0 Å². The van der Waals surface area contributed by atoms with Crippen molar-refractivity contribution in [1.29, 1.82) is 0 Å². The highest BCUT2D eigenvalue weighted by atomic mass is 16.5. The van der Waals surface area contributed by atoms with Crippen LogP contribution in [0.15, 0.2) is 53.5 Å². The van der Waals surface area contributed by atoms with Crippen LogP contribution in [-0.2, 0) is 10.3 Å². The fraction of sp³-hybridized carbons (Fsp3) is 0.235. The van der Waals surface area contributed by atoms with Crippen molar-refractivity contribution in [3.05, 3.63) is 59.7 Å². The molecule has 0 aromatic heterocycles. The summed E-state index contributed by atoms with van der Waals surface area (Å²) in [5.41, 5.74) is 7.56. The van der Waals surface area contributed by atoms with Crippen LogP contribution in [0.4, 0.5) is 0 Å². The maximum atomic E-state index is 8.81. The highest BCUT2D eigenvalue weighted by Crippen LogP contribution is 2.37. The molecule has 0 saturated heterocycles. The van der Waals surface area contributed by atoms with E-state index in [2.05, 4.69) is 4.99 Å². The number of aliphatic imine (C=N–C) groups is 1. The lowest BCUT2D eigenvalue weighted by atomic mass is 9.81. The molecule has 0 bridgehead atoms. The molecule has 3 rings (SSSR count). The Morgan fingerprint density at radius 2 is 2.00 bits per heavy atom. The normalized spacial score (nSPS) is 20.0. The fourth-order valence-corrected chi connectivity index (χ4v) is 2.68. The van der Waals surface area contributed by atoms with Gasteiger partial charge in [0, 0.05) is 0 Å². The average Bonchev–Trinajstić information content (AvgIpc) is 2.97. The van der Waals surface area contributed by atoms with Crippen LogP contribution in [-0.4, -0.2) is 38.8 Å². The Kier molecular flexibility index (Phi) is 4.25. The molecule has 3 N–H and O–H groups in total. The molecule has 2 aromatic carbocycles. The summed E-state index contributed by atoms with van der Waals surface area (Å²) in [5.74, 6) is 0.682. The molecule has 23 heavy (non-hydrogen) atoms. The number of hydrogen-bond acceptors (Lipinski definition) is 5. The standard InChI is InChI=1S/C17H17BN2O3/c18-14-3-1-2-13(10-14)17(11-23-16(19)20-17)12-4-6-15(7-5-12)22-9-8-21/h1-7,10,21H,8-9,11H2,(H2,19,20). The molecule has 2 radical (unpaired) electrons. The van der Waals surface area contributed by atoms with Gasteiger partial charge >= 0.3 is 0 Å². The van der Waals surface area contributed by atoms with E-state index in [1.54, 1.807) is 0 Å². The largest absolute Gasteiger partial charge is 0.491 e. The number of nitrogens with zero attached hydrogens (tertiary/aromatic N) is 1. The predicted molar refractivity (Wildman–Crippen MR) is 89.2 cm³/mol. The Morgan fingerprint density at radius 3 is 2.61 bits per heavy atom. The van der Waals surface area contributed by atoms with Crippen LogP contribution in [0.1, 0.15) is 11.1 Å². The summed E-state index contributed by atoms with van der Waals surface area (Å²) in [4.78, 5) is 4.53. The molecular formula is C17H17BN2O3. The zero-order valence-electron chi connectivity index (χ0n) is 12.6. The van der Waals surface area contributed by atoms with Crippen molar-refractivity contribution in [2.75, 3.05) is 19.8 Å². The van der Waals surface area contributed by atoms with E-state index < -0.39 is 5.54 Å². The Morgan fingerprint density at radius 1 is 1.22 bits per heavy atom. The van der Waals surface area contributed by atoms with Gasteiger partial charge in [0.1, 0.15) is 32.3 Å². The number of nitrogens with two attached hydrogens (primary N) is 1. The smallest absolute Gasteiger partial charge is 0.283 e. The Hall–Kier alpha value is -2.47. The molecule has 0 spiro atoms. The van der Waals surface area contributed by atoms with Gasteiger partial charge in [0.25, 0.3) is 6.02 Å². The SMILES string of the molecule is [B]c1cccc(C2(c3ccc(OCCO)cc3)COC(N)=N2)c1. The van der Waals surface area contributed by atoms with Gasteiger partial charge < -0.3 is 20.3 Å². The number of rotatable bonds is 5. The third-order valence-electron chi connectivity index (χ3n) is 3.79. The third-order valence-corrected chi connectivity index (χ3v) is 3.79. The van der Waals surface area contributed by atoms with Gasteiger partial charge in [-0.3, -0.25) is 0 Å². The first-order valence-electron chi connectivity index (χ1n) is 7.32. The van der Waals surface area contributed by atoms with Crippen LogP contribution in [0.2, 0.25) is 0 Å². The summed E-state index contributed by atoms with van der Waals surface area (Å²) in [5, 5.41) is 8.81. The van der Waals surface area contributed by atoms with Crippen LogP contribution >= 0.6 is 0 Å². The van der Waals surface area contributed by atoms with E-state index in [0.717, 1.165) is 11.1 Å². The van der Waals surface area contributed by atoms with Crippen molar-refractivity contribution < 1.29 is 14.6 Å². The molecule has 0 amide bonds. The second kappa shape index (κ2) is 6.34. The van der Waals surface area contributed by atoms with Gasteiger partial charge in [-0.05, 0) is 23.3 Å². The van der Waals surface area contributed by atoms with Gasteiger partial charge in [0.05, 0.1) is 6.61 Å². The van der Waals surface area contributed by atoms with E-state index >= 15 is 0 Å². The van der Waals surface area contributed by atoms with Crippen LogP contribution < -0.4 is 15.9 Å². The summed E-state index contributed by atoms with van der Waals surface area (Å²) in [6.07, 6.45) is 0. The summed E-state index contributed by atoms with van der Waals surface area (Å²) in [7, 11) is 5.91. The Labute approximate surface area is 136 Å². The summed E-state index contributed by atoms with van der Waals surface area (Å²) >= 11 is 0. The van der Waals surface area contributed by atoms with Gasteiger partial charge in [0.15, 0.2) is 0 Å². The molecular weight excluding hydrogens is 291 g/mol. The molecule has 0 fully saturated rings. The minimum atomic E-state index is -0.713. The highest BCUT2D eigenvalue weighted by Gasteiger charge is 2.39. The lowest BCUT2D eigenvalue weighted by Crippen LogP contribution is -2.28. The molecule has 5 nitrogen and oxygen atoms in total. The average molecular weight is 308 g/mol. The minimum Gasteiger partial charge on any atom is -0.491 e. The summed E-state index contributed by atoms with van der Waals surface area (Å²) in [6, 6.07) is 15.2. The van der Waals surface area contributed by atoms with Gasteiger partial charge in [-0.2, -0.15) is 0 Å². The van der Waals surface area contributed by atoms with Crippen molar-refractivity contribution in [1.82, 2.24) is 0 Å². The molecule has 1 aliphatic heterocycles. The van der Waals surface area contributed by atoms with Crippen LogP contribution in [0, 0.1) is 0 Å². The van der Waals surface area contributed by atoms with Gasteiger partial charge in [-0.1, -0.05) is 41.9 Å². The van der Waals surface area contributed by atoms with Crippen LogP contribution in [0.3, 0.4) is 0 Å². The highest BCUT2D eigenvalue weighted by molar-refractivity contribution is 6.32. The van der Waals surface area contributed by atoms with Crippen molar-refractivity contribution >= 4 is 19.3 Å². The summed E-state index contributed by atoms with van der Waals surface area (Å²) < 4.78 is 10.8. The monoisotopic (exact) mass is 308 g/mol. The predicted octanol–water partition coefficient (Wildman–Crippen LogP) is 0.440. The first kappa shape index (κ1) is 15.4. The zero-order valence-corrected chi connectivity index (χ0v) is 12.6. The van der Waals surface area contributed by atoms with E-state index in [1.807, 2.05) is 48.5 Å². The van der Waals surface area contributed by atoms with E-state index in [4.69, 9.17) is 28.2 Å². The van der Waals surface area contributed by atoms with Crippen LogP contribution in [0.5, 0.6) is 5.75 Å². The first-order chi connectivity index (χ1) is 11.1. The number of hydrogen-bond donors (Lipinski definition) is 2. The summed E-state index contributed by atoms with van der Waals surface area (Å²) in [6.45, 7) is 0.552. The zero-order chi connectivity index (χ0) is 16.3. The molecule has 1 aliphatic rings. The van der Waals surface area contributed by atoms with Crippen molar-refractivity contribution in [3.8, 4) is 5.75 Å². The molecule has 2 aromatic rings. The quantitative estimate of drug-likeness (QED) is 0.786. The minimum absolute atomic E-state index is 0.0242. The Bertz CT molecular complexity index is 718. The second-order valence-corrected chi connectivity index (χ2v) is 5.32. The Balaban J connectivity index is 2.00. The van der Waals surface area contributed by atoms with Crippen LogP contribution in [0.25, 0.3) is 0 Å². The first-order valence-corrected chi connectivity index (χ1v) is 7.32. The number of aliphatic hydroxyl groups is 1. The van der Waals surface area contributed by atoms with Gasteiger partial charge in [-0.25, -0.2) is 4.99 Å². The van der Waals surface area contributed by atoms with E-state index in [-0.39, 0.29) is 19.2 Å². The number of amidine groups is 1. The van der Waals surface area contributed by atoms with Gasteiger partial charge in [-0.15, -0.1) is 0 Å². The van der Waals surface area contributed by atoms with E-state index in [0.29, 0.717) is 17.8 Å². The second-order valence-electron chi connectivity index (χ2n) is 5.32.